The Morgan fingerprint density at radius 2 is 1.75 bits per heavy atom. The summed E-state index contributed by atoms with van der Waals surface area (Å²) in [4.78, 5) is 28.9. The van der Waals surface area contributed by atoms with Gasteiger partial charge in [-0.25, -0.2) is 4.79 Å². The van der Waals surface area contributed by atoms with Crippen LogP contribution in [0.3, 0.4) is 0 Å². The molecule has 3 amide bonds. The van der Waals surface area contributed by atoms with E-state index in [1.165, 1.54) is 0 Å². The zero-order valence-corrected chi connectivity index (χ0v) is 15.1. The van der Waals surface area contributed by atoms with Gasteiger partial charge in [-0.15, -0.1) is 0 Å². The first-order valence-electron chi connectivity index (χ1n) is 8.67. The SMILES string of the molecule is Cn1nc(C(=O)N2CCCC2)c2c1CCN(C(=O)NC(C)(C)C)C2. The van der Waals surface area contributed by atoms with Gasteiger partial charge in [-0.3, -0.25) is 9.48 Å². The molecule has 7 nitrogen and oxygen atoms in total. The number of urea groups is 1. The van der Waals surface area contributed by atoms with Crippen molar-refractivity contribution in [2.75, 3.05) is 19.6 Å². The largest absolute Gasteiger partial charge is 0.337 e. The molecule has 0 saturated carbocycles. The lowest BCUT2D eigenvalue weighted by Gasteiger charge is -2.31. The number of hydrogen-bond donors (Lipinski definition) is 1. The highest BCUT2D eigenvalue weighted by atomic mass is 16.2. The van der Waals surface area contributed by atoms with Crippen LogP contribution in [0.15, 0.2) is 0 Å². The van der Waals surface area contributed by atoms with E-state index in [1.54, 1.807) is 9.58 Å². The number of hydrogen-bond acceptors (Lipinski definition) is 3. The summed E-state index contributed by atoms with van der Waals surface area (Å²) < 4.78 is 1.80. The molecule has 1 fully saturated rings. The van der Waals surface area contributed by atoms with Crippen LogP contribution >= 0.6 is 0 Å². The van der Waals surface area contributed by atoms with Gasteiger partial charge < -0.3 is 15.1 Å². The number of rotatable bonds is 1. The van der Waals surface area contributed by atoms with Crippen molar-refractivity contribution in [3.63, 3.8) is 0 Å². The van der Waals surface area contributed by atoms with Crippen LogP contribution < -0.4 is 5.32 Å². The summed E-state index contributed by atoms with van der Waals surface area (Å²) in [5, 5.41) is 7.47. The molecule has 0 atom stereocenters. The van der Waals surface area contributed by atoms with E-state index in [-0.39, 0.29) is 17.5 Å². The van der Waals surface area contributed by atoms with Crippen molar-refractivity contribution in [1.29, 1.82) is 0 Å². The van der Waals surface area contributed by atoms with Crippen LogP contribution in [0.5, 0.6) is 0 Å². The maximum absolute atomic E-state index is 12.8. The van der Waals surface area contributed by atoms with Crippen molar-refractivity contribution in [2.45, 2.75) is 52.1 Å². The Morgan fingerprint density at radius 3 is 2.38 bits per heavy atom. The van der Waals surface area contributed by atoms with Crippen molar-refractivity contribution >= 4 is 11.9 Å². The van der Waals surface area contributed by atoms with E-state index in [0.29, 0.717) is 18.8 Å². The van der Waals surface area contributed by atoms with Crippen LogP contribution in [0.4, 0.5) is 4.79 Å². The quantitative estimate of drug-likeness (QED) is 0.847. The summed E-state index contributed by atoms with van der Waals surface area (Å²) in [7, 11) is 1.88. The van der Waals surface area contributed by atoms with E-state index < -0.39 is 0 Å². The summed E-state index contributed by atoms with van der Waals surface area (Å²) in [6, 6.07) is -0.0865. The van der Waals surface area contributed by atoms with Crippen LogP contribution in [0.25, 0.3) is 0 Å². The molecule has 0 unspecified atom stereocenters. The minimum atomic E-state index is -0.277. The Labute approximate surface area is 143 Å². The second kappa shape index (κ2) is 6.11. The van der Waals surface area contributed by atoms with Crippen molar-refractivity contribution < 1.29 is 9.59 Å². The molecule has 3 rings (SSSR count). The van der Waals surface area contributed by atoms with Gasteiger partial charge in [0.25, 0.3) is 5.91 Å². The molecule has 1 aromatic rings. The van der Waals surface area contributed by atoms with Gasteiger partial charge in [0.1, 0.15) is 0 Å². The predicted molar refractivity (Wildman–Crippen MR) is 90.7 cm³/mol. The van der Waals surface area contributed by atoms with E-state index >= 15 is 0 Å². The standard InChI is InChI=1S/C17H27N5O2/c1-17(2,3)18-16(24)22-10-7-13-12(11-22)14(19-20(13)4)15(23)21-8-5-6-9-21/h5-11H2,1-4H3,(H,18,24). The van der Waals surface area contributed by atoms with Crippen LogP contribution in [-0.2, 0) is 20.0 Å². The Morgan fingerprint density at radius 1 is 1.08 bits per heavy atom. The summed E-state index contributed by atoms with van der Waals surface area (Å²) in [5.74, 6) is 0.00225. The van der Waals surface area contributed by atoms with E-state index in [1.807, 2.05) is 32.7 Å². The number of amides is 3. The van der Waals surface area contributed by atoms with Gasteiger partial charge in [0.2, 0.25) is 0 Å². The molecule has 0 aliphatic carbocycles. The van der Waals surface area contributed by atoms with Gasteiger partial charge in [0.15, 0.2) is 5.69 Å². The first-order valence-corrected chi connectivity index (χ1v) is 8.67. The monoisotopic (exact) mass is 333 g/mol. The predicted octanol–water partition coefficient (Wildman–Crippen LogP) is 1.52. The molecule has 0 bridgehead atoms. The minimum absolute atomic E-state index is 0.00225. The number of carbonyl (C=O) groups is 2. The molecule has 7 heteroatoms. The highest BCUT2D eigenvalue weighted by Crippen LogP contribution is 2.24. The van der Waals surface area contributed by atoms with Crippen molar-refractivity contribution in [2.24, 2.45) is 7.05 Å². The van der Waals surface area contributed by atoms with E-state index in [2.05, 4.69) is 10.4 Å². The number of carbonyl (C=O) groups excluding carboxylic acids is 2. The molecule has 132 valence electrons. The fourth-order valence-corrected chi connectivity index (χ4v) is 3.41. The zero-order chi connectivity index (χ0) is 17.5. The summed E-state index contributed by atoms with van der Waals surface area (Å²) >= 11 is 0. The van der Waals surface area contributed by atoms with Crippen LogP contribution in [-0.4, -0.2) is 56.7 Å². The maximum Gasteiger partial charge on any atom is 0.318 e. The Hall–Kier alpha value is -2.05. The zero-order valence-electron chi connectivity index (χ0n) is 15.1. The first-order chi connectivity index (χ1) is 11.3. The molecule has 24 heavy (non-hydrogen) atoms. The second-order valence-electron chi connectivity index (χ2n) is 7.75. The smallest absolute Gasteiger partial charge is 0.318 e. The number of likely N-dealkylation sites (tertiary alicyclic amines) is 1. The number of aryl methyl sites for hydroxylation is 1. The van der Waals surface area contributed by atoms with Gasteiger partial charge in [-0.2, -0.15) is 5.10 Å². The molecule has 1 N–H and O–H groups in total. The maximum atomic E-state index is 12.8. The van der Waals surface area contributed by atoms with Crippen molar-refractivity contribution in [1.82, 2.24) is 24.9 Å². The average Bonchev–Trinajstić information content (AvgIpc) is 3.13. The lowest BCUT2D eigenvalue weighted by molar-refractivity contribution is 0.0783. The third kappa shape index (κ3) is 3.25. The number of aromatic nitrogens is 2. The topological polar surface area (TPSA) is 70.5 Å². The van der Waals surface area contributed by atoms with Crippen LogP contribution in [0.1, 0.15) is 55.4 Å². The van der Waals surface area contributed by atoms with Gasteiger partial charge in [0, 0.05) is 49.9 Å². The van der Waals surface area contributed by atoms with Gasteiger partial charge in [-0.05, 0) is 33.6 Å². The third-order valence-corrected chi connectivity index (χ3v) is 4.61. The highest BCUT2D eigenvalue weighted by Gasteiger charge is 2.32. The van der Waals surface area contributed by atoms with Crippen molar-refractivity contribution in [3.05, 3.63) is 17.0 Å². The molecule has 0 spiro atoms. The van der Waals surface area contributed by atoms with Gasteiger partial charge in [0.05, 0.1) is 6.54 Å². The molecule has 0 aromatic carbocycles. The fourth-order valence-electron chi connectivity index (χ4n) is 3.41. The molecule has 1 aromatic heterocycles. The number of nitrogens with zero attached hydrogens (tertiary/aromatic N) is 4. The second-order valence-corrected chi connectivity index (χ2v) is 7.75. The van der Waals surface area contributed by atoms with Crippen LogP contribution in [0, 0.1) is 0 Å². The van der Waals surface area contributed by atoms with Crippen molar-refractivity contribution in [3.8, 4) is 0 Å². The Bertz CT molecular complexity index is 653. The molecular weight excluding hydrogens is 306 g/mol. The summed E-state index contributed by atoms with van der Waals surface area (Å²) in [5.41, 5.74) is 2.21. The lowest BCUT2D eigenvalue weighted by atomic mass is 10.0. The number of nitrogens with one attached hydrogen (secondary N) is 1. The lowest BCUT2D eigenvalue weighted by Crippen LogP contribution is -2.50. The molecule has 1 saturated heterocycles. The summed E-state index contributed by atoms with van der Waals surface area (Å²) in [6.45, 7) is 8.59. The molecule has 2 aliphatic rings. The average molecular weight is 333 g/mol. The molecular formula is C17H27N5O2. The molecule has 0 radical (unpaired) electrons. The van der Waals surface area contributed by atoms with Gasteiger partial charge in [-0.1, -0.05) is 0 Å². The van der Waals surface area contributed by atoms with Crippen LogP contribution in [0.2, 0.25) is 0 Å². The van der Waals surface area contributed by atoms with E-state index in [0.717, 1.165) is 43.6 Å². The van der Waals surface area contributed by atoms with E-state index in [4.69, 9.17) is 0 Å². The van der Waals surface area contributed by atoms with Gasteiger partial charge >= 0.3 is 6.03 Å². The Kier molecular flexibility index (Phi) is 4.27. The third-order valence-electron chi connectivity index (χ3n) is 4.61. The number of fused-ring (bicyclic) bond motifs is 1. The normalized spacial score (nSPS) is 17.8. The molecule has 3 heterocycles. The highest BCUT2D eigenvalue weighted by molar-refractivity contribution is 5.94. The first kappa shape index (κ1) is 16.8. The van der Waals surface area contributed by atoms with E-state index in [9.17, 15) is 9.59 Å². The fraction of sp³-hybridized carbons (Fsp3) is 0.706. The molecule has 2 aliphatic heterocycles. The Balaban J connectivity index is 1.82. The summed E-state index contributed by atoms with van der Waals surface area (Å²) in [6.07, 6.45) is 2.84. The minimum Gasteiger partial charge on any atom is -0.337 e.